The van der Waals surface area contributed by atoms with Gasteiger partial charge >= 0.3 is 5.25 Å². The number of hydrogen-bond acceptors (Lipinski definition) is 2. The molecule has 2 nitrogen and oxygen atoms in total. The van der Waals surface area contributed by atoms with Crippen molar-refractivity contribution in [1.82, 2.24) is 0 Å². The quantitative estimate of drug-likeness (QED) is 0.553. The highest BCUT2D eigenvalue weighted by Crippen LogP contribution is 2.57. The second-order valence-corrected chi connectivity index (χ2v) is 12.3. The highest BCUT2D eigenvalue weighted by atomic mass is 32.2. The van der Waals surface area contributed by atoms with E-state index in [2.05, 4.69) is 19.9 Å². The summed E-state index contributed by atoms with van der Waals surface area (Å²) in [6.45, 7) is 10.6. The van der Waals surface area contributed by atoms with Gasteiger partial charge in [0.15, 0.2) is 0 Å². The zero-order valence-electron chi connectivity index (χ0n) is 16.5. The summed E-state index contributed by atoms with van der Waals surface area (Å²) in [5.41, 5.74) is 1.39. The van der Waals surface area contributed by atoms with Crippen molar-refractivity contribution in [3.8, 4) is 0 Å². The predicted molar refractivity (Wildman–Crippen MR) is 99.3 cm³/mol. The standard InChI is InChI=1S/C20H34F2O2S/c1-14-8-7-12-19(6)16(14)9-10-17(19)15(2)11-13-20(21,22)25(23,24)18(3,4)5/h10,14-16H,7-9,11-13H2,1-6H3/t14-,15+,16-,19-/m0/s1. The van der Waals surface area contributed by atoms with E-state index in [1.165, 1.54) is 39.2 Å². The Morgan fingerprint density at radius 3 is 2.48 bits per heavy atom. The van der Waals surface area contributed by atoms with E-state index in [4.69, 9.17) is 0 Å². The minimum absolute atomic E-state index is 0.00124. The number of hydrogen-bond donors (Lipinski definition) is 0. The van der Waals surface area contributed by atoms with Crippen molar-refractivity contribution in [3.05, 3.63) is 11.6 Å². The van der Waals surface area contributed by atoms with Crippen molar-refractivity contribution in [3.63, 3.8) is 0 Å². The van der Waals surface area contributed by atoms with Crippen LogP contribution in [0.4, 0.5) is 8.78 Å². The topological polar surface area (TPSA) is 34.1 Å². The van der Waals surface area contributed by atoms with Crippen LogP contribution in [0.15, 0.2) is 11.6 Å². The van der Waals surface area contributed by atoms with E-state index in [0.29, 0.717) is 11.8 Å². The minimum atomic E-state index is -4.50. The number of alkyl halides is 2. The highest BCUT2D eigenvalue weighted by molar-refractivity contribution is 7.93. The van der Waals surface area contributed by atoms with Gasteiger partial charge in [0, 0.05) is 6.42 Å². The van der Waals surface area contributed by atoms with Crippen LogP contribution in [-0.4, -0.2) is 18.4 Å². The lowest BCUT2D eigenvalue weighted by Gasteiger charge is -2.44. The number of halogens is 2. The van der Waals surface area contributed by atoms with Gasteiger partial charge in [-0.25, -0.2) is 8.42 Å². The monoisotopic (exact) mass is 376 g/mol. The zero-order chi connectivity index (χ0) is 19.3. The molecule has 1 fully saturated rings. The number of fused-ring (bicyclic) bond motifs is 1. The van der Waals surface area contributed by atoms with Crippen LogP contribution < -0.4 is 0 Å². The second kappa shape index (κ2) is 6.61. The molecule has 0 aromatic carbocycles. The molecule has 25 heavy (non-hydrogen) atoms. The lowest BCUT2D eigenvalue weighted by atomic mass is 9.60. The first-order valence-corrected chi connectivity index (χ1v) is 11.0. The molecule has 0 bridgehead atoms. The molecule has 0 radical (unpaired) electrons. The van der Waals surface area contributed by atoms with Gasteiger partial charge in [0.25, 0.3) is 0 Å². The van der Waals surface area contributed by atoms with E-state index in [1.54, 1.807) is 0 Å². The van der Waals surface area contributed by atoms with Gasteiger partial charge < -0.3 is 0 Å². The molecule has 0 aromatic heterocycles. The maximum atomic E-state index is 14.4. The maximum Gasteiger partial charge on any atom is 0.346 e. The second-order valence-electron chi connectivity index (χ2n) is 9.48. The van der Waals surface area contributed by atoms with E-state index in [1.807, 2.05) is 6.92 Å². The first-order chi connectivity index (χ1) is 11.2. The molecule has 1 saturated carbocycles. The van der Waals surface area contributed by atoms with Crippen molar-refractivity contribution >= 4 is 9.84 Å². The van der Waals surface area contributed by atoms with E-state index in [9.17, 15) is 17.2 Å². The molecular weight excluding hydrogens is 342 g/mol. The summed E-state index contributed by atoms with van der Waals surface area (Å²) in [4.78, 5) is 0. The van der Waals surface area contributed by atoms with Gasteiger partial charge in [-0.1, -0.05) is 45.3 Å². The molecule has 5 heteroatoms. The van der Waals surface area contributed by atoms with Gasteiger partial charge in [-0.2, -0.15) is 8.78 Å². The van der Waals surface area contributed by atoms with Crippen molar-refractivity contribution in [2.24, 2.45) is 23.2 Å². The summed E-state index contributed by atoms with van der Waals surface area (Å²) in [6.07, 6.45) is 6.47. The normalized spacial score (nSPS) is 32.2. The van der Waals surface area contributed by atoms with Crippen LogP contribution in [-0.2, 0) is 9.84 Å². The van der Waals surface area contributed by atoms with E-state index >= 15 is 0 Å². The van der Waals surface area contributed by atoms with Crippen LogP contribution in [0, 0.1) is 23.2 Å². The summed E-state index contributed by atoms with van der Waals surface area (Å²) in [5, 5.41) is -3.67. The number of allylic oxidation sites excluding steroid dienone is 2. The average Bonchev–Trinajstić information content (AvgIpc) is 2.82. The smallest absolute Gasteiger partial charge is 0.222 e. The summed E-state index contributed by atoms with van der Waals surface area (Å²) in [6, 6.07) is 0. The Bertz CT molecular complexity index is 631. The molecule has 0 spiro atoms. The van der Waals surface area contributed by atoms with Gasteiger partial charge in [-0.3, -0.25) is 0 Å². The molecule has 2 rings (SSSR count). The van der Waals surface area contributed by atoms with Gasteiger partial charge in [0.05, 0.1) is 4.75 Å². The Morgan fingerprint density at radius 2 is 1.92 bits per heavy atom. The SMILES string of the molecule is C[C@H](CCC(F)(F)S(=O)(=O)C(C)(C)C)C1=CC[C@H]2[C@@H](C)CCC[C@]12C. The lowest BCUT2D eigenvalue weighted by Crippen LogP contribution is -2.42. The minimum Gasteiger partial charge on any atom is -0.222 e. The van der Waals surface area contributed by atoms with E-state index < -0.39 is 26.3 Å². The Labute approximate surface area is 152 Å². The summed E-state index contributed by atoms with van der Waals surface area (Å²) < 4.78 is 51.8. The molecule has 2 aliphatic carbocycles. The molecule has 0 heterocycles. The molecule has 0 unspecified atom stereocenters. The van der Waals surface area contributed by atoms with Gasteiger partial charge in [0.2, 0.25) is 9.84 Å². The highest BCUT2D eigenvalue weighted by Gasteiger charge is 2.52. The molecule has 0 N–H and O–H groups in total. The molecule has 0 aromatic rings. The average molecular weight is 377 g/mol. The third kappa shape index (κ3) is 3.54. The Balaban J connectivity index is 2.10. The molecule has 0 aliphatic heterocycles. The van der Waals surface area contributed by atoms with Gasteiger partial charge in [-0.15, -0.1) is 0 Å². The molecule has 146 valence electrons. The van der Waals surface area contributed by atoms with Crippen LogP contribution in [0.25, 0.3) is 0 Å². The van der Waals surface area contributed by atoms with Crippen molar-refractivity contribution in [2.45, 2.75) is 90.1 Å². The van der Waals surface area contributed by atoms with Crippen molar-refractivity contribution < 1.29 is 17.2 Å². The molecule has 2 aliphatic rings. The van der Waals surface area contributed by atoms with Gasteiger partial charge in [0.1, 0.15) is 0 Å². The summed E-state index contributed by atoms with van der Waals surface area (Å²) in [5.74, 6) is 1.28. The third-order valence-electron chi connectivity index (χ3n) is 6.71. The van der Waals surface area contributed by atoms with E-state index in [0.717, 1.165) is 12.8 Å². The Kier molecular flexibility index (Phi) is 5.52. The largest absolute Gasteiger partial charge is 0.346 e. The van der Waals surface area contributed by atoms with Crippen LogP contribution in [0.5, 0.6) is 0 Å². The fraction of sp³-hybridized carbons (Fsp3) is 0.900. The molecule has 4 atom stereocenters. The fourth-order valence-corrected chi connectivity index (χ4v) is 6.31. The number of sulfone groups is 1. The van der Waals surface area contributed by atoms with Crippen LogP contribution in [0.2, 0.25) is 0 Å². The first kappa shape index (κ1) is 20.9. The number of rotatable bonds is 5. The molecule has 0 amide bonds. The van der Waals surface area contributed by atoms with E-state index in [-0.39, 0.29) is 17.8 Å². The van der Waals surface area contributed by atoms with Crippen LogP contribution in [0.3, 0.4) is 0 Å². The Hall–Kier alpha value is -0.450. The predicted octanol–water partition coefficient (Wildman–Crippen LogP) is 5.98. The van der Waals surface area contributed by atoms with Crippen LogP contribution >= 0.6 is 0 Å². The molecule has 0 saturated heterocycles. The van der Waals surface area contributed by atoms with Crippen molar-refractivity contribution in [2.75, 3.05) is 0 Å². The Morgan fingerprint density at radius 1 is 1.32 bits per heavy atom. The first-order valence-electron chi connectivity index (χ1n) is 9.56. The third-order valence-corrected chi connectivity index (χ3v) is 9.31. The summed E-state index contributed by atoms with van der Waals surface area (Å²) in [7, 11) is -4.50. The fourth-order valence-electron chi connectivity index (χ4n) is 5.03. The molecular formula is C20H34F2O2S. The summed E-state index contributed by atoms with van der Waals surface area (Å²) >= 11 is 0. The van der Waals surface area contributed by atoms with Crippen LogP contribution in [0.1, 0.15) is 80.1 Å². The lowest BCUT2D eigenvalue weighted by molar-refractivity contribution is 0.0695. The maximum absolute atomic E-state index is 14.4. The van der Waals surface area contributed by atoms with Crippen molar-refractivity contribution in [1.29, 1.82) is 0 Å². The zero-order valence-corrected chi connectivity index (χ0v) is 17.3. The van der Waals surface area contributed by atoms with Gasteiger partial charge in [-0.05, 0) is 63.2 Å².